The monoisotopic (exact) mass is 275 g/mol. The summed E-state index contributed by atoms with van der Waals surface area (Å²) in [4.78, 5) is 0. The standard InChI is InChI=1S/C12H18ClNO4/c1-16-10-4-8(14-7-9(15)6-13)5-11(17-2)12(10)18-3/h4-5,9,14-15H,6-7H2,1-3H3. The summed E-state index contributed by atoms with van der Waals surface area (Å²) in [7, 11) is 4.65. The van der Waals surface area contributed by atoms with Crippen molar-refractivity contribution in [2.45, 2.75) is 6.10 Å². The predicted molar refractivity (Wildman–Crippen MR) is 71.3 cm³/mol. The van der Waals surface area contributed by atoms with Crippen molar-refractivity contribution in [2.24, 2.45) is 0 Å². The Hall–Kier alpha value is -1.33. The molecule has 0 heterocycles. The summed E-state index contributed by atoms with van der Waals surface area (Å²) in [5, 5.41) is 12.4. The molecule has 1 aromatic carbocycles. The zero-order valence-corrected chi connectivity index (χ0v) is 11.5. The largest absolute Gasteiger partial charge is 0.493 e. The second-order valence-corrected chi connectivity index (χ2v) is 3.91. The minimum absolute atomic E-state index is 0.178. The average Bonchev–Trinajstić information content (AvgIpc) is 2.43. The molecule has 0 bridgehead atoms. The van der Waals surface area contributed by atoms with Crippen LogP contribution in [0.1, 0.15) is 0 Å². The molecule has 1 rings (SSSR count). The van der Waals surface area contributed by atoms with Crippen LogP contribution in [0.3, 0.4) is 0 Å². The molecular formula is C12H18ClNO4. The summed E-state index contributed by atoms with van der Waals surface area (Å²) in [5.41, 5.74) is 0.758. The van der Waals surface area contributed by atoms with Crippen molar-refractivity contribution in [3.8, 4) is 17.2 Å². The molecule has 0 radical (unpaired) electrons. The molecule has 0 aliphatic carbocycles. The van der Waals surface area contributed by atoms with Gasteiger partial charge in [-0.3, -0.25) is 0 Å². The third kappa shape index (κ3) is 3.58. The minimum Gasteiger partial charge on any atom is -0.493 e. The molecule has 18 heavy (non-hydrogen) atoms. The maximum Gasteiger partial charge on any atom is 0.203 e. The fraction of sp³-hybridized carbons (Fsp3) is 0.500. The van der Waals surface area contributed by atoms with Crippen LogP contribution in [0.15, 0.2) is 12.1 Å². The van der Waals surface area contributed by atoms with Crippen LogP contribution in [-0.2, 0) is 0 Å². The fourth-order valence-electron chi connectivity index (χ4n) is 1.47. The van der Waals surface area contributed by atoms with E-state index >= 15 is 0 Å². The second-order valence-electron chi connectivity index (χ2n) is 3.60. The molecule has 0 aliphatic rings. The molecule has 102 valence electrons. The molecule has 0 spiro atoms. The molecule has 5 nitrogen and oxygen atoms in total. The van der Waals surface area contributed by atoms with Gasteiger partial charge in [-0.2, -0.15) is 0 Å². The minimum atomic E-state index is -0.606. The first-order valence-electron chi connectivity index (χ1n) is 5.44. The van der Waals surface area contributed by atoms with E-state index in [2.05, 4.69) is 5.32 Å². The van der Waals surface area contributed by atoms with Gasteiger partial charge in [0.15, 0.2) is 11.5 Å². The van der Waals surface area contributed by atoms with Crippen LogP contribution in [0.4, 0.5) is 5.69 Å². The van der Waals surface area contributed by atoms with Crippen LogP contribution in [0.5, 0.6) is 17.2 Å². The lowest BCUT2D eigenvalue weighted by atomic mass is 10.2. The van der Waals surface area contributed by atoms with Gasteiger partial charge in [0, 0.05) is 24.4 Å². The number of rotatable bonds is 7. The molecule has 0 saturated carbocycles. The molecule has 0 fully saturated rings. The number of ether oxygens (including phenoxy) is 3. The highest BCUT2D eigenvalue weighted by atomic mass is 35.5. The van der Waals surface area contributed by atoms with Crippen molar-refractivity contribution in [1.82, 2.24) is 0 Å². The summed E-state index contributed by atoms with van der Waals surface area (Å²) in [6.45, 7) is 0.349. The van der Waals surface area contributed by atoms with Crippen molar-refractivity contribution in [2.75, 3.05) is 39.1 Å². The maximum atomic E-state index is 9.39. The van der Waals surface area contributed by atoms with E-state index in [1.54, 1.807) is 33.5 Å². The van der Waals surface area contributed by atoms with Gasteiger partial charge >= 0.3 is 0 Å². The second kappa shape index (κ2) is 7.18. The lowest BCUT2D eigenvalue weighted by Gasteiger charge is -2.16. The Morgan fingerprint density at radius 3 is 2.11 bits per heavy atom. The van der Waals surface area contributed by atoms with Gasteiger partial charge in [-0.05, 0) is 0 Å². The Labute approximate surface area is 112 Å². The van der Waals surface area contributed by atoms with Gasteiger partial charge in [-0.25, -0.2) is 0 Å². The van der Waals surface area contributed by atoms with Crippen molar-refractivity contribution in [3.63, 3.8) is 0 Å². The van der Waals surface area contributed by atoms with Gasteiger partial charge < -0.3 is 24.6 Å². The summed E-state index contributed by atoms with van der Waals surface area (Å²) >= 11 is 5.52. The Morgan fingerprint density at radius 2 is 1.72 bits per heavy atom. The van der Waals surface area contributed by atoms with E-state index < -0.39 is 6.10 Å². The third-order valence-corrected chi connectivity index (χ3v) is 2.74. The first kappa shape index (κ1) is 14.7. The summed E-state index contributed by atoms with van der Waals surface area (Å²) in [6.07, 6.45) is -0.606. The van der Waals surface area contributed by atoms with Gasteiger partial charge in [0.05, 0.1) is 33.3 Å². The van der Waals surface area contributed by atoms with Gasteiger partial charge in [0.2, 0.25) is 5.75 Å². The zero-order chi connectivity index (χ0) is 13.5. The molecule has 0 amide bonds. The molecule has 1 unspecified atom stereocenters. The number of alkyl halides is 1. The Morgan fingerprint density at radius 1 is 1.17 bits per heavy atom. The third-order valence-electron chi connectivity index (χ3n) is 2.38. The van der Waals surface area contributed by atoms with E-state index in [0.29, 0.717) is 23.8 Å². The van der Waals surface area contributed by atoms with Crippen LogP contribution in [-0.4, -0.2) is 45.0 Å². The Bertz CT molecular complexity index is 361. The number of benzene rings is 1. The first-order chi connectivity index (χ1) is 8.65. The van der Waals surface area contributed by atoms with E-state index in [1.807, 2.05) is 0 Å². The highest BCUT2D eigenvalue weighted by molar-refractivity contribution is 6.18. The average molecular weight is 276 g/mol. The maximum absolute atomic E-state index is 9.39. The van der Waals surface area contributed by atoms with Crippen LogP contribution < -0.4 is 19.5 Å². The van der Waals surface area contributed by atoms with Gasteiger partial charge in [0.25, 0.3) is 0 Å². The number of halogens is 1. The number of hydrogen-bond donors (Lipinski definition) is 2. The SMILES string of the molecule is COc1cc(NCC(O)CCl)cc(OC)c1OC. The normalized spacial score (nSPS) is 11.8. The lowest BCUT2D eigenvalue weighted by Crippen LogP contribution is -2.20. The molecule has 1 atom stereocenters. The smallest absolute Gasteiger partial charge is 0.203 e. The number of methoxy groups -OCH3 is 3. The topological polar surface area (TPSA) is 60.0 Å². The number of aliphatic hydroxyl groups excluding tert-OH is 1. The summed E-state index contributed by atoms with van der Waals surface area (Å²) in [5.74, 6) is 1.82. The van der Waals surface area contributed by atoms with Gasteiger partial charge in [-0.15, -0.1) is 11.6 Å². The highest BCUT2D eigenvalue weighted by Crippen LogP contribution is 2.39. The molecule has 0 aromatic heterocycles. The van der Waals surface area contributed by atoms with E-state index in [4.69, 9.17) is 25.8 Å². The first-order valence-corrected chi connectivity index (χ1v) is 5.97. The van der Waals surface area contributed by atoms with Crippen LogP contribution in [0, 0.1) is 0 Å². The van der Waals surface area contributed by atoms with Crippen LogP contribution in [0.25, 0.3) is 0 Å². The highest BCUT2D eigenvalue weighted by Gasteiger charge is 2.13. The molecule has 6 heteroatoms. The number of nitrogens with one attached hydrogen (secondary N) is 1. The zero-order valence-electron chi connectivity index (χ0n) is 10.7. The van der Waals surface area contributed by atoms with E-state index in [1.165, 1.54) is 0 Å². The van der Waals surface area contributed by atoms with Crippen LogP contribution in [0.2, 0.25) is 0 Å². The van der Waals surface area contributed by atoms with Crippen molar-refractivity contribution < 1.29 is 19.3 Å². The summed E-state index contributed by atoms with van der Waals surface area (Å²) < 4.78 is 15.6. The molecule has 0 saturated heterocycles. The Balaban J connectivity index is 2.93. The number of aliphatic hydroxyl groups is 1. The molecule has 0 aliphatic heterocycles. The lowest BCUT2D eigenvalue weighted by molar-refractivity contribution is 0.211. The Kier molecular flexibility index (Phi) is 5.88. The van der Waals surface area contributed by atoms with E-state index in [9.17, 15) is 5.11 Å². The van der Waals surface area contributed by atoms with Gasteiger partial charge in [-0.1, -0.05) is 0 Å². The van der Waals surface area contributed by atoms with Crippen molar-refractivity contribution in [3.05, 3.63) is 12.1 Å². The number of hydrogen-bond acceptors (Lipinski definition) is 5. The molecule has 1 aromatic rings. The fourth-order valence-corrected chi connectivity index (χ4v) is 1.58. The van der Waals surface area contributed by atoms with Gasteiger partial charge in [0.1, 0.15) is 0 Å². The van der Waals surface area contributed by atoms with Crippen molar-refractivity contribution >= 4 is 17.3 Å². The quantitative estimate of drug-likeness (QED) is 0.742. The number of anilines is 1. The van der Waals surface area contributed by atoms with E-state index in [0.717, 1.165) is 5.69 Å². The molecule has 2 N–H and O–H groups in total. The van der Waals surface area contributed by atoms with Crippen molar-refractivity contribution in [1.29, 1.82) is 0 Å². The summed E-state index contributed by atoms with van der Waals surface area (Å²) in [6, 6.07) is 3.53. The molecular weight excluding hydrogens is 258 g/mol. The van der Waals surface area contributed by atoms with E-state index in [-0.39, 0.29) is 5.88 Å². The van der Waals surface area contributed by atoms with Crippen LogP contribution >= 0.6 is 11.6 Å². The predicted octanol–water partition coefficient (Wildman–Crippen LogP) is 1.72.